The van der Waals surface area contributed by atoms with Gasteiger partial charge in [-0.25, -0.2) is 4.98 Å². The molecule has 28 heavy (non-hydrogen) atoms. The van der Waals surface area contributed by atoms with E-state index >= 15 is 0 Å². The molecule has 1 amide bonds. The van der Waals surface area contributed by atoms with Crippen molar-refractivity contribution in [1.82, 2.24) is 14.9 Å². The van der Waals surface area contributed by atoms with E-state index in [-0.39, 0.29) is 11.9 Å². The van der Waals surface area contributed by atoms with Crippen LogP contribution < -0.4 is 5.32 Å². The number of hydrogen-bond donors (Lipinski definition) is 1. The van der Waals surface area contributed by atoms with Gasteiger partial charge in [0.15, 0.2) is 0 Å². The SMILES string of the molecule is Cc1cc(C)cc(-n2cnc3cc(C(=O)N[C@@H]4CCC[C@@H](C)[C@H]4C)ccc32)c1. The minimum absolute atomic E-state index is 0.00815. The lowest BCUT2D eigenvalue weighted by molar-refractivity contribution is 0.0891. The number of amides is 1. The first-order valence-corrected chi connectivity index (χ1v) is 10.3. The van der Waals surface area contributed by atoms with E-state index in [0.29, 0.717) is 17.4 Å². The summed E-state index contributed by atoms with van der Waals surface area (Å²) in [6.07, 6.45) is 5.36. The Morgan fingerprint density at radius 3 is 2.57 bits per heavy atom. The van der Waals surface area contributed by atoms with Gasteiger partial charge in [0.2, 0.25) is 0 Å². The average Bonchev–Trinajstić information content (AvgIpc) is 3.08. The molecule has 1 N–H and O–H groups in total. The summed E-state index contributed by atoms with van der Waals surface area (Å²) in [6.45, 7) is 8.74. The molecule has 0 unspecified atom stereocenters. The molecule has 2 aromatic carbocycles. The number of imidazole rings is 1. The fourth-order valence-electron chi connectivity index (χ4n) is 4.49. The normalized spacial score (nSPS) is 22.4. The Bertz CT molecular complexity index is 1000. The molecule has 0 radical (unpaired) electrons. The predicted molar refractivity (Wildman–Crippen MR) is 114 cm³/mol. The summed E-state index contributed by atoms with van der Waals surface area (Å²) in [5.74, 6) is 1.19. The minimum atomic E-state index is 0.00815. The van der Waals surface area contributed by atoms with Crippen molar-refractivity contribution >= 4 is 16.9 Å². The number of aryl methyl sites for hydroxylation is 2. The van der Waals surface area contributed by atoms with Gasteiger partial charge < -0.3 is 5.32 Å². The molecule has 4 nitrogen and oxygen atoms in total. The molecule has 3 atom stereocenters. The van der Waals surface area contributed by atoms with Crippen molar-refractivity contribution in [2.45, 2.75) is 53.0 Å². The van der Waals surface area contributed by atoms with Gasteiger partial charge in [-0.1, -0.05) is 32.8 Å². The van der Waals surface area contributed by atoms with Gasteiger partial charge in [0.25, 0.3) is 5.91 Å². The van der Waals surface area contributed by atoms with E-state index < -0.39 is 0 Å². The minimum Gasteiger partial charge on any atom is -0.349 e. The monoisotopic (exact) mass is 375 g/mol. The van der Waals surface area contributed by atoms with Gasteiger partial charge >= 0.3 is 0 Å². The van der Waals surface area contributed by atoms with E-state index in [4.69, 9.17) is 0 Å². The summed E-state index contributed by atoms with van der Waals surface area (Å²) in [4.78, 5) is 17.4. The van der Waals surface area contributed by atoms with Crippen molar-refractivity contribution in [3.05, 3.63) is 59.4 Å². The Labute approximate surface area is 167 Å². The van der Waals surface area contributed by atoms with Crippen molar-refractivity contribution in [2.24, 2.45) is 11.8 Å². The van der Waals surface area contributed by atoms with Gasteiger partial charge in [-0.3, -0.25) is 9.36 Å². The molecule has 0 aliphatic heterocycles. The first-order chi connectivity index (χ1) is 13.4. The van der Waals surface area contributed by atoms with Crippen molar-refractivity contribution in [3.63, 3.8) is 0 Å². The highest BCUT2D eigenvalue weighted by Gasteiger charge is 2.28. The van der Waals surface area contributed by atoms with E-state index in [2.05, 4.69) is 60.8 Å². The van der Waals surface area contributed by atoms with Crippen LogP contribution in [-0.4, -0.2) is 21.5 Å². The lowest BCUT2D eigenvalue weighted by atomic mass is 9.78. The number of aromatic nitrogens is 2. The fourth-order valence-corrected chi connectivity index (χ4v) is 4.49. The zero-order valence-corrected chi connectivity index (χ0v) is 17.2. The Morgan fingerprint density at radius 1 is 1.07 bits per heavy atom. The topological polar surface area (TPSA) is 46.9 Å². The summed E-state index contributed by atoms with van der Waals surface area (Å²) < 4.78 is 2.09. The van der Waals surface area contributed by atoms with Crippen LogP contribution >= 0.6 is 0 Å². The van der Waals surface area contributed by atoms with Gasteiger partial charge in [-0.2, -0.15) is 0 Å². The van der Waals surface area contributed by atoms with Crippen LogP contribution in [-0.2, 0) is 0 Å². The maximum atomic E-state index is 12.8. The second-order valence-corrected chi connectivity index (χ2v) is 8.51. The van der Waals surface area contributed by atoms with Crippen LogP contribution in [0.4, 0.5) is 0 Å². The lowest BCUT2D eigenvalue weighted by Gasteiger charge is -2.34. The van der Waals surface area contributed by atoms with E-state index in [0.717, 1.165) is 23.1 Å². The first kappa shape index (κ1) is 18.7. The van der Waals surface area contributed by atoms with Gasteiger partial charge in [-0.15, -0.1) is 0 Å². The van der Waals surface area contributed by atoms with Crippen LogP contribution in [0.25, 0.3) is 16.7 Å². The number of nitrogens with one attached hydrogen (secondary N) is 1. The third-order valence-corrected chi connectivity index (χ3v) is 6.32. The number of carbonyl (C=O) groups is 1. The summed E-state index contributed by atoms with van der Waals surface area (Å²) in [5.41, 5.74) is 6.09. The van der Waals surface area contributed by atoms with E-state index in [1.54, 1.807) is 0 Å². The fraction of sp³-hybridized carbons (Fsp3) is 0.417. The largest absolute Gasteiger partial charge is 0.349 e. The summed E-state index contributed by atoms with van der Waals surface area (Å²) in [5, 5.41) is 3.26. The van der Waals surface area contributed by atoms with E-state index in [9.17, 15) is 4.79 Å². The number of hydrogen-bond acceptors (Lipinski definition) is 2. The third-order valence-electron chi connectivity index (χ3n) is 6.32. The molecular formula is C24H29N3O. The van der Waals surface area contributed by atoms with Crippen LogP contribution in [0, 0.1) is 25.7 Å². The Hall–Kier alpha value is -2.62. The number of fused-ring (bicyclic) bond motifs is 1. The molecule has 1 aromatic heterocycles. The Balaban J connectivity index is 1.59. The molecule has 0 spiro atoms. The van der Waals surface area contributed by atoms with Crippen molar-refractivity contribution in [1.29, 1.82) is 0 Å². The molecule has 4 heteroatoms. The van der Waals surface area contributed by atoms with Crippen LogP contribution in [0.2, 0.25) is 0 Å². The van der Waals surface area contributed by atoms with Crippen molar-refractivity contribution < 1.29 is 4.79 Å². The molecule has 4 rings (SSSR count). The van der Waals surface area contributed by atoms with Gasteiger partial charge in [0.1, 0.15) is 6.33 Å². The standard InChI is InChI=1S/C24H29N3O/c1-15-10-16(2)12-20(11-15)27-14-25-22-13-19(8-9-23(22)27)24(28)26-21-7-5-6-17(3)18(21)4/h8-14,17-18,21H,5-7H2,1-4H3,(H,26,28)/t17-,18-,21-/m1/s1. The highest BCUT2D eigenvalue weighted by Crippen LogP contribution is 2.30. The molecular weight excluding hydrogens is 346 g/mol. The van der Waals surface area contributed by atoms with Crippen molar-refractivity contribution in [2.75, 3.05) is 0 Å². The molecule has 146 valence electrons. The highest BCUT2D eigenvalue weighted by atomic mass is 16.1. The zero-order valence-electron chi connectivity index (χ0n) is 17.2. The number of benzene rings is 2. The number of carbonyl (C=O) groups excluding carboxylic acids is 1. The molecule has 0 saturated heterocycles. The molecule has 1 aliphatic carbocycles. The van der Waals surface area contributed by atoms with Gasteiger partial charge in [0.05, 0.1) is 11.0 Å². The Kier molecular flexibility index (Phi) is 4.96. The second-order valence-electron chi connectivity index (χ2n) is 8.51. The van der Waals surface area contributed by atoms with Crippen LogP contribution in [0.1, 0.15) is 54.6 Å². The summed E-state index contributed by atoms with van der Waals surface area (Å²) in [7, 11) is 0. The van der Waals surface area contributed by atoms with E-state index in [1.807, 2.05) is 24.5 Å². The van der Waals surface area contributed by atoms with Crippen LogP contribution in [0.3, 0.4) is 0 Å². The molecule has 1 heterocycles. The van der Waals surface area contributed by atoms with Gasteiger partial charge in [0, 0.05) is 17.3 Å². The Morgan fingerprint density at radius 2 is 1.82 bits per heavy atom. The van der Waals surface area contributed by atoms with E-state index in [1.165, 1.54) is 24.0 Å². The zero-order chi connectivity index (χ0) is 19.8. The van der Waals surface area contributed by atoms with Crippen LogP contribution in [0.5, 0.6) is 0 Å². The predicted octanol–water partition coefficient (Wildman–Crippen LogP) is 5.20. The molecule has 1 saturated carbocycles. The molecule has 0 bridgehead atoms. The maximum Gasteiger partial charge on any atom is 0.251 e. The highest BCUT2D eigenvalue weighted by molar-refractivity contribution is 5.97. The third kappa shape index (κ3) is 3.56. The summed E-state index contributed by atoms with van der Waals surface area (Å²) in [6, 6.07) is 12.6. The first-order valence-electron chi connectivity index (χ1n) is 10.3. The van der Waals surface area contributed by atoms with Crippen LogP contribution in [0.15, 0.2) is 42.7 Å². The quantitative estimate of drug-likeness (QED) is 0.684. The van der Waals surface area contributed by atoms with Crippen molar-refractivity contribution in [3.8, 4) is 5.69 Å². The number of rotatable bonds is 3. The number of nitrogens with zero attached hydrogens (tertiary/aromatic N) is 2. The average molecular weight is 376 g/mol. The van der Waals surface area contributed by atoms with Gasteiger partial charge in [-0.05, 0) is 73.6 Å². The summed E-state index contributed by atoms with van der Waals surface area (Å²) >= 11 is 0. The lowest BCUT2D eigenvalue weighted by Crippen LogP contribution is -2.43. The maximum absolute atomic E-state index is 12.8. The molecule has 1 fully saturated rings. The smallest absolute Gasteiger partial charge is 0.251 e. The molecule has 3 aromatic rings. The second kappa shape index (κ2) is 7.42. The molecule has 1 aliphatic rings.